The van der Waals surface area contributed by atoms with Gasteiger partial charge in [-0.2, -0.15) is 0 Å². The Bertz CT molecular complexity index is 803. The van der Waals surface area contributed by atoms with Crippen molar-refractivity contribution in [2.24, 2.45) is 4.99 Å². The van der Waals surface area contributed by atoms with Gasteiger partial charge in [-0.1, -0.05) is 0 Å². The van der Waals surface area contributed by atoms with Gasteiger partial charge in [-0.15, -0.1) is 24.0 Å². The van der Waals surface area contributed by atoms with Crippen molar-refractivity contribution in [3.05, 3.63) is 35.8 Å². The van der Waals surface area contributed by atoms with Gasteiger partial charge in [-0.05, 0) is 56.4 Å². The summed E-state index contributed by atoms with van der Waals surface area (Å²) in [6.07, 6.45) is 6.16. The summed E-state index contributed by atoms with van der Waals surface area (Å²) in [5, 5.41) is 10.4. The van der Waals surface area contributed by atoms with Crippen LogP contribution in [0.3, 0.4) is 0 Å². The first-order valence-corrected chi connectivity index (χ1v) is 9.72. The number of aromatic amines is 1. The maximum absolute atomic E-state index is 13.5. The van der Waals surface area contributed by atoms with Crippen molar-refractivity contribution in [3.8, 4) is 0 Å². The molecule has 4 N–H and O–H groups in total. The van der Waals surface area contributed by atoms with Gasteiger partial charge in [0.2, 0.25) is 5.91 Å². The van der Waals surface area contributed by atoms with Crippen LogP contribution in [0.2, 0.25) is 0 Å². The molecule has 0 unspecified atom stereocenters. The molecule has 0 spiro atoms. The first-order valence-electron chi connectivity index (χ1n) is 9.72. The number of benzene rings is 1. The van der Waals surface area contributed by atoms with E-state index in [1.54, 1.807) is 12.1 Å². The molecule has 154 valence electrons. The van der Waals surface area contributed by atoms with E-state index in [1.165, 1.54) is 6.07 Å². The minimum absolute atomic E-state index is 0. The van der Waals surface area contributed by atoms with Gasteiger partial charge in [-0.3, -0.25) is 9.79 Å². The molecule has 2 aromatic rings. The van der Waals surface area contributed by atoms with Crippen molar-refractivity contribution in [1.29, 1.82) is 0 Å². The van der Waals surface area contributed by atoms with Gasteiger partial charge in [-0.25, -0.2) is 4.39 Å². The monoisotopic (exact) mass is 501 g/mol. The normalized spacial score (nSPS) is 13.9. The Morgan fingerprint density at radius 3 is 2.89 bits per heavy atom. The van der Waals surface area contributed by atoms with Gasteiger partial charge >= 0.3 is 0 Å². The van der Waals surface area contributed by atoms with Crippen LogP contribution < -0.4 is 16.0 Å². The van der Waals surface area contributed by atoms with Gasteiger partial charge < -0.3 is 20.9 Å². The Balaban J connectivity index is 0.00000280. The molecule has 1 aromatic carbocycles. The molecule has 3 rings (SSSR count). The Kier molecular flexibility index (Phi) is 9.01. The van der Waals surface area contributed by atoms with Gasteiger partial charge in [0.15, 0.2) is 5.96 Å². The van der Waals surface area contributed by atoms with Crippen LogP contribution in [0.4, 0.5) is 4.39 Å². The van der Waals surface area contributed by atoms with Crippen LogP contribution in [0.15, 0.2) is 29.4 Å². The summed E-state index contributed by atoms with van der Waals surface area (Å²) in [4.78, 5) is 19.4. The highest BCUT2D eigenvalue weighted by atomic mass is 127. The van der Waals surface area contributed by atoms with Gasteiger partial charge in [0, 0.05) is 49.2 Å². The molecular formula is C20H29FIN5O. The van der Waals surface area contributed by atoms with Crippen LogP contribution in [0.1, 0.15) is 38.2 Å². The molecule has 1 aliphatic carbocycles. The lowest BCUT2D eigenvalue weighted by molar-refractivity contribution is -0.121. The molecule has 1 heterocycles. The minimum atomic E-state index is -0.225. The second-order valence-electron chi connectivity index (χ2n) is 6.89. The fraction of sp³-hybridized carbons (Fsp3) is 0.500. The molecule has 1 aliphatic rings. The molecule has 1 saturated carbocycles. The zero-order chi connectivity index (χ0) is 19.1. The van der Waals surface area contributed by atoms with Crippen molar-refractivity contribution >= 4 is 46.7 Å². The minimum Gasteiger partial charge on any atom is -0.361 e. The number of H-pyrrole nitrogens is 1. The van der Waals surface area contributed by atoms with E-state index < -0.39 is 0 Å². The van der Waals surface area contributed by atoms with Crippen LogP contribution >= 0.6 is 24.0 Å². The molecule has 1 aromatic heterocycles. The third-order valence-electron chi connectivity index (χ3n) is 4.53. The molecule has 8 heteroatoms. The van der Waals surface area contributed by atoms with E-state index >= 15 is 0 Å². The van der Waals surface area contributed by atoms with Crippen LogP contribution in [0.25, 0.3) is 10.9 Å². The van der Waals surface area contributed by atoms with Gasteiger partial charge in [0.05, 0.1) is 0 Å². The summed E-state index contributed by atoms with van der Waals surface area (Å²) in [7, 11) is 0. The van der Waals surface area contributed by atoms with E-state index in [1.807, 2.05) is 13.1 Å². The standard InChI is InChI=1S/C20H28FN5O.HI/c1-2-22-20(23-10-3-4-19(27)26-16-6-7-16)24-11-9-14-13-25-18-8-5-15(21)12-17(14)18;/h5,8,12-13,16,25H,2-4,6-7,9-11H2,1H3,(H,26,27)(H2,22,23,24);1H. The molecule has 0 aliphatic heterocycles. The van der Waals surface area contributed by atoms with Crippen LogP contribution in [-0.4, -0.2) is 42.5 Å². The number of halogens is 2. The van der Waals surface area contributed by atoms with E-state index in [2.05, 4.69) is 25.9 Å². The third-order valence-corrected chi connectivity index (χ3v) is 4.53. The molecular weight excluding hydrogens is 472 g/mol. The van der Waals surface area contributed by atoms with Crippen LogP contribution in [0, 0.1) is 5.82 Å². The molecule has 6 nitrogen and oxygen atoms in total. The quantitative estimate of drug-likeness (QED) is 0.185. The Hall–Kier alpha value is -1.84. The maximum atomic E-state index is 13.5. The Morgan fingerprint density at radius 2 is 2.14 bits per heavy atom. The fourth-order valence-electron chi connectivity index (χ4n) is 2.97. The number of nitrogens with zero attached hydrogens (tertiary/aromatic N) is 1. The number of fused-ring (bicyclic) bond motifs is 1. The van der Waals surface area contributed by atoms with E-state index in [4.69, 9.17) is 0 Å². The lowest BCUT2D eigenvalue weighted by atomic mass is 10.1. The van der Waals surface area contributed by atoms with Crippen molar-refractivity contribution in [3.63, 3.8) is 0 Å². The summed E-state index contributed by atoms with van der Waals surface area (Å²) < 4.78 is 13.5. The van der Waals surface area contributed by atoms with E-state index in [-0.39, 0.29) is 35.7 Å². The molecule has 28 heavy (non-hydrogen) atoms. The number of hydrogen-bond acceptors (Lipinski definition) is 2. The Morgan fingerprint density at radius 1 is 1.32 bits per heavy atom. The first-order chi connectivity index (χ1) is 13.2. The number of carbonyl (C=O) groups is 1. The summed E-state index contributed by atoms with van der Waals surface area (Å²) >= 11 is 0. The number of amides is 1. The summed E-state index contributed by atoms with van der Waals surface area (Å²) in [5.74, 6) is 0.639. The second kappa shape index (κ2) is 11.2. The largest absolute Gasteiger partial charge is 0.361 e. The number of aliphatic imine (C=N–C) groups is 1. The smallest absolute Gasteiger partial charge is 0.220 e. The van der Waals surface area contributed by atoms with Crippen molar-refractivity contribution in [2.45, 2.75) is 45.1 Å². The topological polar surface area (TPSA) is 81.3 Å². The van der Waals surface area contributed by atoms with Crippen LogP contribution in [0.5, 0.6) is 0 Å². The zero-order valence-electron chi connectivity index (χ0n) is 16.2. The SMILES string of the molecule is CCNC(=NCCCC(=O)NC1CC1)NCCc1c[nH]c2ccc(F)cc12.I. The average molecular weight is 501 g/mol. The lowest BCUT2D eigenvalue weighted by Crippen LogP contribution is -2.38. The van der Waals surface area contributed by atoms with Gasteiger partial charge in [0.25, 0.3) is 0 Å². The molecule has 0 bridgehead atoms. The number of aromatic nitrogens is 1. The third kappa shape index (κ3) is 6.96. The average Bonchev–Trinajstić information content (AvgIpc) is 3.37. The highest BCUT2D eigenvalue weighted by molar-refractivity contribution is 14.0. The van der Waals surface area contributed by atoms with Gasteiger partial charge in [0.1, 0.15) is 5.82 Å². The van der Waals surface area contributed by atoms with E-state index in [0.717, 1.165) is 54.7 Å². The van der Waals surface area contributed by atoms with E-state index in [0.29, 0.717) is 25.6 Å². The zero-order valence-corrected chi connectivity index (χ0v) is 18.5. The highest BCUT2D eigenvalue weighted by Crippen LogP contribution is 2.20. The highest BCUT2D eigenvalue weighted by Gasteiger charge is 2.22. The maximum Gasteiger partial charge on any atom is 0.220 e. The summed E-state index contributed by atoms with van der Waals surface area (Å²) in [6.45, 7) is 4.08. The predicted molar refractivity (Wildman–Crippen MR) is 122 cm³/mol. The number of guanidine groups is 1. The van der Waals surface area contributed by atoms with Crippen molar-refractivity contribution < 1.29 is 9.18 Å². The predicted octanol–water partition coefficient (Wildman–Crippen LogP) is 3.08. The number of hydrogen-bond donors (Lipinski definition) is 4. The number of rotatable bonds is 9. The van der Waals surface area contributed by atoms with Crippen molar-refractivity contribution in [1.82, 2.24) is 20.9 Å². The number of carbonyl (C=O) groups excluding carboxylic acids is 1. The molecule has 1 fully saturated rings. The summed E-state index contributed by atoms with van der Waals surface area (Å²) in [6, 6.07) is 5.19. The molecule has 0 atom stereocenters. The lowest BCUT2D eigenvalue weighted by Gasteiger charge is -2.11. The summed E-state index contributed by atoms with van der Waals surface area (Å²) in [5.41, 5.74) is 2.01. The first kappa shape index (κ1) is 22.4. The Labute approximate surface area is 182 Å². The molecule has 0 radical (unpaired) electrons. The van der Waals surface area contributed by atoms with Crippen LogP contribution in [-0.2, 0) is 11.2 Å². The fourth-order valence-corrected chi connectivity index (χ4v) is 2.97. The number of nitrogens with one attached hydrogen (secondary N) is 4. The van der Waals surface area contributed by atoms with Crippen molar-refractivity contribution in [2.75, 3.05) is 19.6 Å². The van der Waals surface area contributed by atoms with E-state index in [9.17, 15) is 9.18 Å². The molecule has 0 saturated heterocycles. The second-order valence-corrected chi connectivity index (χ2v) is 6.89. The molecule has 1 amide bonds.